The Morgan fingerprint density at radius 3 is 2.77 bits per heavy atom. The molecule has 2 aromatic heterocycles. The van der Waals surface area contributed by atoms with Gasteiger partial charge in [0.15, 0.2) is 10.8 Å². The maximum Gasteiger partial charge on any atom is 0.355 e. The number of pyridine rings is 1. The highest BCUT2D eigenvalue weighted by Gasteiger charge is 2.25. The number of thiazole rings is 1. The third-order valence-electron chi connectivity index (χ3n) is 5.16. The van der Waals surface area contributed by atoms with Crippen molar-refractivity contribution in [1.29, 1.82) is 0 Å². The third kappa shape index (κ3) is 4.66. The van der Waals surface area contributed by atoms with Crippen LogP contribution in [0.25, 0.3) is 0 Å². The Kier molecular flexibility index (Phi) is 6.13. The Labute approximate surface area is 183 Å². The van der Waals surface area contributed by atoms with Gasteiger partial charge in [-0.2, -0.15) is 0 Å². The monoisotopic (exact) mass is 438 g/mol. The van der Waals surface area contributed by atoms with Crippen LogP contribution in [0.15, 0.2) is 42.7 Å². The van der Waals surface area contributed by atoms with Crippen LogP contribution in [0.2, 0.25) is 0 Å². The van der Waals surface area contributed by atoms with Crippen molar-refractivity contribution in [3.63, 3.8) is 0 Å². The van der Waals surface area contributed by atoms with Crippen LogP contribution < -0.4 is 15.4 Å². The number of carboxylic acid groups (broad SMARTS) is 1. The van der Waals surface area contributed by atoms with E-state index in [0.29, 0.717) is 43.2 Å². The summed E-state index contributed by atoms with van der Waals surface area (Å²) in [6, 6.07) is 9.12. The van der Waals surface area contributed by atoms with Crippen LogP contribution in [0.1, 0.15) is 43.3 Å². The molecule has 0 bridgehead atoms. The van der Waals surface area contributed by atoms with Gasteiger partial charge in [0, 0.05) is 35.9 Å². The zero-order valence-electron chi connectivity index (χ0n) is 16.8. The molecular weight excluding hydrogens is 416 g/mol. The number of carbonyl (C=O) groups excluding carboxylic acids is 1. The number of nitrogens with two attached hydrogens (primary N) is 1. The molecule has 1 aromatic carbocycles. The van der Waals surface area contributed by atoms with Crippen LogP contribution in [-0.4, -0.2) is 40.1 Å². The molecule has 1 amide bonds. The van der Waals surface area contributed by atoms with Gasteiger partial charge in [-0.15, -0.1) is 11.3 Å². The van der Waals surface area contributed by atoms with Crippen molar-refractivity contribution < 1.29 is 19.4 Å². The summed E-state index contributed by atoms with van der Waals surface area (Å²) in [5, 5.41) is 10.3. The minimum absolute atomic E-state index is 0.0814. The molecule has 0 fully saturated rings. The van der Waals surface area contributed by atoms with Gasteiger partial charge in [-0.05, 0) is 48.6 Å². The normalized spacial score (nSPS) is 13.0. The number of rotatable bonds is 8. The summed E-state index contributed by atoms with van der Waals surface area (Å²) >= 11 is 1.38. The van der Waals surface area contributed by atoms with E-state index in [0.717, 1.165) is 28.2 Å². The molecule has 0 saturated carbocycles. The predicted octanol–water partition coefficient (Wildman–Crippen LogP) is 2.91. The van der Waals surface area contributed by atoms with E-state index in [-0.39, 0.29) is 5.69 Å². The van der Waals surface area contributed by atoms with Crippen LogP contribution >= 0.6 is 11.3 Å². The number of benzene rings is 1. The Bertz CT molecular complexity index is 1100. The van der Waals surface area contributed by atoms with Gasteiger partial charge in [-0.3, -0.25) is 9.78 Å². The number of carboxylic acids is 1. The number of aryl methyl sites for hydroxylation is 1. The third-order valence-corrected chi connectivity index (χ3v) is 6.34. The van der Waals surface area contributed by atoms with Crippen molar-refractivity contribution in [3.8, 4) is 5.75 Å². The van der Waals surface area contributed by atoms with E-state index in [1.165, 1.54) is 11.3 Å². The summed E-state index contributed by atoms with van der Waals surface area (Å²) < 4.78 is 5.67. The average Bonchev–Trinajstić information content (AvgIpc) is 3.21. The number of ether oxygens (including phenoxy) is 1. The smallest absolute Gasteiger partial charge is 0.355 e. The van der Waals surface area contributed by atoms with E-state index in [4.69, 9.17) is 10.5 Å². The largest absolute Gasteiger partial charge is 0.493 e. The second-order valence-electron chi connectivity index (χ2n) is 7.19. The van der Waals surface area contributed by atoms with E-state index < -0.39 is 11.9 Å². The molecule has 160 valence electrons. The second-order valence-corrected chi connectivity index (χ2v) is 8.25. The molecular formula is C22H22N4O4S. The number of aromatic carboxylic acids is 1. The first-order valence-corrected chi connectivity index (χ1v) is 10.8. The van der Waals surface area contributed by atoms with E-state index in [9.17, 15) is 14.7 Å². The summed E-state index contributed by atoms with van der Waals surface area (Å²) in [5.41, 5.74) is 8.11. The fourth-order valence-electron chi connectivity index (χ4n) is 3.64. The van der Waals surface area contributed by atoms with E-state index in [2.05, 4.69) is 9.97 Å². The van der Waals surface area contributed by atoms with E-state index in [1.54, 1.807) is 30.6 Å². The summed E-state index contributed by atoms with van der Waals surface area (Å²) in [5.74, 6) is -0.766. The SMILES string of the molecule is NC(=O)c1cccc2c1CN(c1nc(C(=O)O)c(CCCOc3ccncc3)s1)CC2. The Hall–Kier alpha value is -3.46. The molecule has 3 heterocycles. The van der Waals surface area contributed by atoms with Gasteiger partial charge in [0.1, 0.15) is 5.75 Å². The molecule has 0 aliphatic carbocycles. The standard InChI is InChI=1S/C22H22N4O4S/c23-20(27)16-4-1-3-14-8-11-26(13-17(14)16)22-25-19(21(28)29)18(31-22)5-2-12-30-15-6-9-24-10-7-15/h1,3-4,6-7,9-10H,2,5,8,11-13H2,(H2,23,27)(H,28,29). The van der Waals surface area contributed by atoms with Crippen LogP contribution in [-0.2, 0) is 19.4 Å². The molecule has 31 heavy (non-hydrogen) atoms. The highest BCUT2D eigenvalue weighted by molar-refractivity contribution is 7.15. The molecule has 0 radical (unpaired) electrons. The number of aromatic nitrogens is 2. The first kappa shape index (κ1) is 20.8. The highest BCUT2D eigenvalue weighted by Crippen LogP contribution is 2.32. The number of primary amides is 1. The topological polar surface area (TPSA) is 119 Å². The number of nitrogens with zero attached hydrogens (tertiary/aromatic N) is 3. The van der Waals surface area contributed by atoms with Crippen molar-refractivity contribution in [1.82, 2.24) is 9.97 Å². The lowest BCUT2D eigenvalue weighted by Gasteiger charge is -2.29. The van der Waals surface area contributed by atoms with Gasteiger partial charge < -0.3 is 20.5 Å². The first-order valence-electron chi connectivity index (χ1n) is 9.94. The number of carbonyl (C=O) groups is 2. The van der Waals surface area contributed by atoms with Crippen molar-refractivity contribution in [2.75, 3.05) is 18.1 Å². The molecule has 1 aliphatic rings. The molecule has 0 spiro atoms. The Morgan fingerprint density at radius 2 is 2.03 bits per heavy atom. The second kappa shape index (κ2) is 9.13. The van der Waals surface area contributed by atoms with Gasteiger partial charge in [0.05, 0.1) is 6.61 Å². The van der Waals surface area contributed by atoms with E-state index >= 15 is 0 Å². The van der Waals surface area contributed by atoms with Gasteiger partial charge in [-0.1, -0.05) is 12.1 Å². The number of hydrogen-bond acceptors (Lipinski definition) is 7. The fraction of sp³-hybridized carbons (Fsp3) is 0.273. The van der Waals surface area contributed by atoms with Gasteiger partial charge in [0.2, 0.25) is 5.91 Å². The fourth-order valence-corrected chi connectivity index (χ4v) is 4.76. The molecule has 3 aromatic rings. The summed E-state index contributed by atoms with van der Waals surface area (Å²) in [6.07, 6.45) is 5.29. The molecule has 3 N–H and O–H groups in total. The molecule has 0 unspecified atom stereocenters. The summed E-state index contributed by atoms with van der Waals surface area (Å²) in [7, 11) is 0. The van der Waals surface area contributed by atoms with Crippen LogP contribution in [0.4, 0.5) is 5.13 Å². The predicted molar refractivity (Wildman–Crippen MR) is 117 cm³/mol. The minimum atomic E-state index is -1.04. The molecule has 1 aliphatic heterocycles. The Balaban J connectivity index is 1.47. The van der Waals surface area contributed by atoms with Crippen molar-refractivity contribution in [2.45, 2.75) is 25.8 Å². The van der Waals surface area contributed by atoms with Gasteiger partial charge >= 0.3 is 5.97 Å². The maximum atomic E-state index is 11.8. The van der Waals surface area contributed by atoms with Crippen LogP contribution in [0, 0.1) is 0 Å². The number of hydrogen-bond donors (Lipinski definition) is 2. The van der Waals surface area contributed by atoms with Crippen molar-refractivity contribution >= 4 is 28.3 Å². The zero-order chi connectivity index (χ0) is 21.8. The molecule has 0 atom stereocenters. The number of amides is 1. The molecule has 8 nitrogen and oxygen atoms in total. The van der Waals surface area contributed by atoms with Crippen LogP contribution in [0.3, 0.4) is 0 Å². The number of anilines is 1. The lowest BCUT2D eigenvalue weighted by atomic mass is 9.95. The number of fused-ring (bicyclic) bond motifs is 1. The molecule has 0 saturated heterocycles. The molecule has 4 rings (SSSR count). The minimum Gasteiger partial charge on any atom is -0.493 e. The lowest BCUT2D eigenvalue weighted by Crippen LogP contribution is -2.32. The van der Waals surface area contributed by atoms with Crippen molar-refractivity contribution in [2.24, 2.45) is 5.73 Å². The summed E-state index contributed by atoms with van der Waals surface area (Å²) in [4.78, 5) is 34.6. The lowest BCUT2D eigenvalue weighted by molar-refractivity contribution is 0.0690. The van der Waals surface area contributed by atoms with Gasteiger partial charge in [0.25, 0.3) is 0 Å². The van der Waals surface area contributed by atoms with Gasteiger partial charge in [-0.25, -0.2) is 9.78 Å². The Morgan fingerprint density at radius 1 is 1.23 bits per heavy atom. The average molecular weight is 439 g/mol. The first-order chi connectivity index (χ1) is 15.0. The highest BCUT2D eigenvalue weighted by atomic mass is 32.1. The quantitative estimate of drug-likeness (QED) is 0.519. The van der Waals surface area contributed by atoms with Crippen molar-refractivity contribution in [3.05, 3.63) is 70.0 Å². The van der Waals surface area contributed by atoms with E-state index in [1.807, 2.05) is 17.0 Å². The van der Waals surface area contributed by atoms with Crippen LogP contribution in [0.5, 0.6) is 5.75 Å². The summed E-state index contributed by atoms with van der Waals surface area (Å²) in [6.45, 7) is 1.65. The maximum absolute atomic E-state index is 11.8. The zero-order valence-corrected chi connectivity index (χ0v) is 17.6. The molecule has 9 heteroatoms.